The van der Waals surface area contributed by atoms with E-state index in [0.29, 0.717) is 23.5 Å². The zero-order chi connectivity index (χ0) is 27.9. The van der Waals surface area contributed by atoms with Crippen molar-refractivity contribution in [1.82, 2.24) is 24.4 Å². The van der Waals surface area contributed by atoms with Crippen LogP contribution in [0, 0.1) is 0 Å². The van der Waals surface area contributed by atoms with Crippen LogP contribution in [0.25, 0.3) is 0 Å². The van der Waals surface area contributed by atoms with Gasteiger partial charge >= 0.3 is 0 Å². The van der Waals surface area contributed by atoms with Gasteiger partial charge in [-0.2, -0.15) is 9.40 Å². The number of hydrogen-bond acceptors (Lipinski definition) is 7. The van der Waals surface area contributed by atoms with Gasteiger partial charge in [0.05, 0.1) is 17.5 Å². The fraction of sp³-hybridized carbons (Fsp3) is 0.423. The first-order valence-electron chi connectivity index (χ1n) is 12.8. The molecule has 0 spiro atoms. The maximum absolute atomic E-state index is 13.6. The van der Waals surface area contributed by atoms with Gasteiger partial charge in [0.1, 0.15) is 5.69 Å². The fourth-order valence-corrected chi connectivity index (χ4v) is 6.02. The number of fused-ring (bicyclic) bond motifs is 1. The Balaban J connectivity index is 1.45. The molecule has 1 saturated heterocycles. The Hall–Kier alpha value is -3.68. The van der Waals surface area contributed by atoms with E-state index in [9.17, 15) is 18.0 Å². The molecule has 208 valence electrons. The lowest BCUT2D eigenvalue weighted by Gasteiger charge is -2.36. The SMILES string of the molecule is CN1CCN(c2ccc(C(=O)Nc3n[nH]c4c3CN(S(C)(=O)=O)CC4(C)C)c(NC(=O)c3ccc[nH]3)c2)CC1. The van der Waals surface area contributed by atoms with Crippen molar-refractivity contribution in [3.8, 4) is 0 Å². The average molecular weight is 555 g/mol. The van der Waals surface area contributed by atoms with Gasteiger partial charge in [-0.1, -0.05) is 13.8 Å². The second-order valence-electron chi connectivity index (χ2n) is 10.9. The molecule has 0 radical (unpaired) electrons. The Kier molecular flexibility index (Phi) is 6.99. The van der Waals surface area contributed by atoms with Crippen LogP contribution < -0.4 is 15.5 Å². The molecule has 0 aliphatic carbocycles. The Morgan fingerprint density at radius 1 is 1.05 bits per heavy atom. The first-order chi connectivity index (χ1) is 18.4. The lowest BCUT2D eigenvalue weighted by atomic mass is 9.84. The highest BCUT2D eigenvalue weighted by atomic mass is 32.2. The van der Waals surface area contributed by atoms with Crippen molar-refractivity contribution in [2.75, 3.05) is 61.6 Å². The minimum atomic E-state index is -3.45. The summed E-state index contributed by atoms with van der Waals surface area (Å²) in [4.78, 5) is 33.9. The maximum Gasteiger partial charge on any atom is 0.272 e. The Labute approximate surface area is 227 Å². The molecule has 1 fully saturated rings. The van der Waals surface area contributed by atoms with Crippen molar-refractivity contribution < 1.29 is 18.0 Å². The molecule has 12 nitrogen and oxygen atoms in total. The van der Waals surface area contributed by atoms with Crippen molar-refractivity contribution in [2.24, 2.45) is 0 Å². The number of rotatable bonds is 6. The van der Waals surface area contributed by atoms with E-state index in [0.717, 1.165) is 37.6 Å². The van der Waals surface area contributed by atoms with E-state index in [1.807, 2.05) is 26.0 Å². The number of benzene rings is 1. The summed E-state index contributed by atoms with van der Waals surface area (Å²) in [5.74, 6) is -0.571. The van der Waals surface area contributed by atoms with Gasteiger partial charge in [0.2, 0.25) is 10.0 Å². The third-order valence-electron chi connectivity index (χ3n) is 7.36. The number of piperazine rings is 1. The topological polar surface area (TPSA) is 147 Å². The molecule has 1 aromatic carbocycles. The van der Waals surface area contributed by atoms with E-state index in [2.05, 4.69) is 42.7 Å². The van der Waals surface area contributed by atoms with Crippen LogP contribution in [0.5, 0.6) is 0 Å². The third kappa shape index (κ3) is 5.56. The van der Waals surface area contributed by atoms with Gasteiger partial charge in [0.25, 0.3) is 11.8 Å². The number of hydrogen-bond donors (Lipinski definition) is 4. The molecule has 0 bridgehead atoms. The van der Waals surface area contributed by atoms with Gasteiger partial charge in [0, 0.05) is 67.8 Å². The highest BCUT2D eigenvalue weighted by Gasteiger charge is 2.39. The van der Waals surface area contributed by atoms with Gasteiger partial charge in [-0.15, -0.1) is 0 Å². The average Bonchev–Trinajstić information content (AvgIpc) is 3.55. The summed E-state index contributed by atoms with van der Waals surface area (Å²) in [6.07, 6.45) is 2.83. The summed E-state index contributed by atoms with van der Waals surface area (Å²) in [7, 11) is -1.37. The third-order valence-corrected chi connectivity index (χ3v) is 8.55. The standard InChI is InChI=1S/C26H34N8O4S/c1-26(2)16-34(39(4,37)38)15-19-22(26)30-31-23(19)29-24(35)18-8-7-17(33-12-10-32(3)11-13-33)14-21(18)28-25(36)20-6-5-9-27-20/h5-9,14,27H,10-13,15-16H2,1-4H3,(H,28,36)(H2,29,30,31,35). The number of nitrogens with zero attached hydrogens (tertiary/aromatic N) is 4. The van der Waals surface area contributed by atoms with Crippen molar-refractivity contribution in [2.45, 2.75) is 25.8 Å². The first kappa shape index (κ1) is 26.9. The summed E-state index contributed by atoms with van der Waals surface area (Å²) in [6.45, 7) is 7.75. The molecule has 13 heteroatoms. The summed E-state index contributed by atoms with van der Waals surface area (Å²) >= 11 is 0. The van der Waals surface area contributed by atoms with E-state index in [4.69, 9.17) is 0 Å². The maximum atomic E-state index is 13.6. The van der Waals surface area contributed by atoms with Gasteiger partial charge < -0.3 is 25.4 Å². The van der Waals surface area contributed by atoms with Crippen LogP contribution in [0.4, 0.5) is 17.2 Å². The zero-order valence-electron chi connectivity index (χ0n) is 22.5. The van der Waals surface area contributed by atoms with Crippen LogP contribution in [0.2, 0.25) is 0 Å². The normalized spacial score (nSPS) is 18.0. The number of nitrogens with one attached hydrogen (secondary N) is 4. The van der Waals surface area contributed by atoms with Crippen molar-refractivity contribution in [3.63, 3.8) is 0 Å². The molecule has 0 atom stereocenters. The molecule has 2 amide bonds. The lowest BCUT2D eigenvalue weighted by Crippen LogP contribution is -2.44. The van der Waals surface area contributed by atoms with E-state index in [1.54, 1.807) is 24.4 Å². The fourth-order valence-electron chi connectivity index (χ4n) is 5.10. The second-order valence-corrected chi connectivity index (χ2v) is 12.8. The quantitative estimate of drug-likeness (QED) is 0.365. The van der Waals surface area contributed by atoms with Crippen LogP contribution >= 0.6 is 0 Å². The van der Waals surface area contributed by atoms with Crippen LogP contribution in [-0.2, 0) is 22.0 Å². The molecule has 0 saturated carbocycles. The smallest absolute Gasteiger partial charge is 0.272 e. The Morgan fingerprint density at radius 2 is 1.79 bits per heavy atom. The second kappa shape index (κ2) is 10.1. The van der Waals surface area contributed by atoms with Gasteiger partial charge in [-0.05, 0) is 37.4 Å². The Morgan fingerprint density at radius 3 is 2.46 bits per heavy atom. The molecule has 4 heterocycles. The molecule has 2 aliphatic rings. The van der Waals surface area contributed by atoms with Crippen LogP contribution in [-0.4, -0.2) is 90.6 Å². The Bertz CT molecular complexity index is 1490. The summed E-state index contributed by atoms with van der Waals surface area (Å²) < 4.78 is 26.1. The lowest BCUT2D eigenvalue weighted by molar-refractivity contribution is 0.102. The number of sulfonamides is 1. The van der Waals surface area contributed by atoms with E-state index in [1.165, 1.54) is 10.6 Å². The van der Waals surface area contributed by atoms with Gasteiger partial charge in [-0.3, -0.25) is 14.7 Å². The van der Waals surface area contributed by atoms with Gasteiger partial charge in [-0.25, -0.2) is 8.42 Å². The summed E-state index contributed by atoms with van der Waals surface area (Å²) in [6, 6.07) is 8.77. The minimum Gasteiger partial charge on any atom is -0.369 e. The predicted molar refractivity (Wildman–Crippen MR) is 150 cm³/mol. The molecular formula is C26H34N8O4S. The molecule has 3 aromatic rings. The van der Waals surface area contributed by atoms with E-state index >= 15 is 0 Å². The number of anilines is 3. The molecule has 5 rings (SSSR count). The largest absolute Gasteiger partial charge is 0.369 e. The van der Waals surface area contributed by atoms with Crippen LogP contribution in [0.15, 0.2) is 36.5 Å². The van der Waals surface area contributed by atoms with Crippen LogP contribution in [0.1, 0.15) is 46.0 Å². The highest BCUT2D eigenvalue weighted by molar-refractivity contribution is 7.88. The van der Waals surface area contributed by atoms with Crippen LogP contribution in [0.3, 0.4) is 0 Å². The number of likely N-dealkylation sites (N-methyl/N-ethyl adjacent to an activating group) is 1. The number of H-pyrrole nitrogens is 2. The minimum absolute atomic E-state index is 0.0997. The predicted octanol–water partition coefficient (Wildman–Crippen LogP) is 2.05. The monoisotopic (exact) mass is 554 g/mol. The number of carbonyl (C=O) groups excluding carboxylic acids is 2. The van der Waals surface area contributed by atoms with E-state index < -0.39 is 21.3 Å². The van der Waals surface area contributed by atoms with Crippen molar-refractivity contribution in [1.29, 1.82) is 0 Å². The number of aromatic nitrogens is 3. The molecule has 2 aromatic heterocycles. The molecule has 0 unspecified atom stereocenters. The summed E-state index contributed by atoms with van der Waals surface area (Å²) in [5, 5.41) is 13.0. The molecule has 39 heavy (non-hydrogen) atoms. The number of carbonyl (C=O) groups is 2. The highest BCUT2D eigenvalue weighted by Crippen LogP contribution is 2.36. The van der Waals surface area contributed by atoms with Crippen molar-refractivity contribution >= 4 is 39.0 Å². The molecule has 2 aliphatic heterocycles. The summed E-state index contributed by atoms with van der Waals surface area (Å²) in [5.41, 5.74) is 2.79. The van der Waals surface area contributed by atoms with Crippen molar-refractivity contribution in [3.05, 3.63) is 59.0 Å². The number of amides is 2. The zero-order valence-corrected chi connectivity index (χ0v) is 23.4. The van der Waals surface area contributed by atoms with Gasteiger partial charge in [0.15, 0.2) is 5.82 Å². The van der Waals surface area contributed by atoms with E-state index in [-0.39, 0.29) is 23.8 Å². The first-order valence-corrected chi connectivity index (χ1v) is 14.6. The molecular weight excluding hydrogens is 520 g/mol. The number of aromatic amines is 2. The molecule has 4 N–H and O–H groups in total.